The zero-order valence-electron chi connectivity index (χ0n) is 12.8. The summed E-state index contributed by atoms with van der Waals surface area (Å²) >= 11 is 6.18. The summed E-state index contributed by atoms with van der Waals surface area (Å²) in [6.07, 6.45) is 1.26. The van der Waals surface area contributed by atoms with Crippen LogP contribution >= 0.6 is 11.6 Å². The molecule has 0 amide bonds. The molecule has 0 aliphatic carbocycles. The standard InChI is InChI=1S/C17H17ClN4O/c1-10-15(23-11-7-8-19-9-11)6-5-14(20-10)17-12-3-2-4-13(18)16(12)21-22-17/h2-6,11,19H,7-9H2,1H3,(H,21,22). The molecule has 1 aliphatic rings. The summed E-state index contributed by atoms with van der Waals surface area (Å²) < 4.78 is 6.01. The van der Waals surface area contributed by atoms with Gasteiger partial charge in [-0.15, -0.1) is 0 Å². The van der Waals surface area contributed by atoms with Gasteiger partial charge >= 0.3 is 0 Å². The van der Waals surface area contributed by atoms with Crippen LogP contribution < -0.4 is 10.1 Å². The molecule has 0 spiro atoms. The van der Waals surface area contributed by atoms with Gasteiger partial charge in [-0.3, -0.25) is 5.10 Å². The number of nitrogens with one attached hydrogen (secondary N) is 2. The van der Waals surface area contributed by atoms with Crippen LogP contribution in [0.15, 0.2) is 30.3 Å². The molecule has 23 heavy (non-hydrogen) atoms. The van der Waals surface area contributed by atoms with Gasteiger partial charge < -0.3 is 10.1 Å². The first-order valence-electron chi connectivity index (χ1n) is 7.70. The van der Waals surface area contributed by atoms with Crippen LogP contribution in [0.25, 0.3) is 22.3 Å². The molecular weight excluding hydrogens is 312 g/mol. The van der Waals surface area contributed by atoms with Gasteiger partial charge in [0.25, 0.3) is 0 Å². The number of nitrogens with zero attached hydrogens (tertiary/aromatic N) is 2. The number of H-pyrrole nitrogens is 1. The quantitative estimate of drug-likeness (QED) is 0.774. The first kappa shape index (κ1) is 14.5. The summed E-state index contributed by atoms with van der Waals surface area (Å²) in [4.78, 5) is 4.68. The predicted molar refractivity (Wildman–Crippen MR) is 91.0 cm³/mol. The summed E-state index contributed by atoms with van der Waals surface area (Å²) in [5.74, 6) is 0.837. The lowest BCUT2D eigenvalue weighted by Crippen LogP contribution is -2.20. The van der Waals surface area contributed by atoms with Crippen LogP contribution in [0, 0.1) is 6.92 Å². The Bertz CT molecular complexity index is 855. The lowest BCUT2D eigenvalue weighted by atomic mass is 10.1. The van der Waals surface area contributed by atoms with E-state index < -0.39 is 0 Å². The van der Waals surface area contributed by atoms with Gasteiger partial charge in [0.2, 0.25) is 0 Å². The van der Waals surface area contributed by atoms with E-state index in [1.165, 1.54) is 0 Å². The second kappa shape index (κ2) is 5.83. The van der Waals surface area contributed by atoms with Crippen LogP contribution in [-0.2, 0) is 0 Å². The molecule has 2 aromatic heterocycles. The van der Waals surface area contributed by atoms with E-state index in [0.29, 0.717) is 5.02 Å². The summed E-state index contributed by atoms with van der Waals surface area (Å²) in [5, 5.41) is 12.2. The van der Waals surface area contributed by atoms with Gasteiger partial charge in [0.1, 0.15) is 17.4 Å². The maximum atomic E-state index is 6.18. The van der Waals surface area contributed by atoms with Crippen molar-refractivity contribution in [3.05, 3.63) is 41.0 Å². The SMILES string of the molecule is Cc1nc(-c2[nH]nc3c(Cl)cccc23)ccc1OC1CCNC1. The molecule has 0 saturated carbocycles. The first-order chi connectivity index (χ1) is 11.2. The molecule has 6 heteroatoms. The van der Waals surface area contributed by atoms with Crippen molar-refractivity contribution in [1.82, 2.24) is 20.5 Å². The number of hydrogen-bond acceptors (Lipinski definition) is 4. The Labute approximate surface area is 139 Å². The summed E-state index contributed by atoms with van der Waals surface area (Å²) in [7, 11) is 0. The smallest absolute Gasteiger partial charge is 0.141 e. The maximum Gasteiger partial charge on any atom is 0.141 e. The van der Waals surface area contributed by atoms with Crippen molar-refractivity contribution in [2.24, 2.45) is 0 Å². The third kappa shape index (κ3) is 2.66. The number of pyridine rings is 1. The molecule has 2 N–H and O–H groups in total. The van der Waals surface area contributed by atoms with E-state index in [2.05, 4.69) is 20.5 Å². The molecule has 3 aromatic rings. The van der Waals surface area contributed by atoms with E-state index in [4.69, 9.17) is 16.3 Å². The van der Waals surface area contributed by atoms with Gasteiger partial charge in [-0.1, -0.05) is 23.7 Å². The highest BCUT2D eigenvalue weighted by Crippen LogP contribution is 2.30. The van der Waals surface area contributed by atoms with Crippen molar-refractivity contribution >= 4 is 22.5 Å². The second-order valence-corrected chi connectivity index (χ2v) is 6.15. The molecule has 3 heterocycles. The van der Waals surface area contributed by atoms with E-state index in [0.717, 1.165) is 53.2 Å². The van der Waals surface area contributed by atoms with Crippen molar-refractivity contribution in [3.63, 3.8) is 0 Å². The number of aryl methyl sites for hydroxylation is 1. The van der Waals surface area contributed by atoms with E-state index >= 15 is 0 Å². The number of para-hydroxylation sites is 1. The number of aromatic amines is 1. The van der Waals surface area contributed by atoms with Crippen molar-refractivity contribution in [2.75, 3.05) is 13.1 Å². The first-order valence-corrected chi connectivity index (χ1v) is 8.08. The molecule has 5 nitrogen and oxygen atoms in total. The molecule has 4 rings (SSSR count). The normalized spacial score (nSPS) is 17.7. The minimum absolute atomic E-state index is 0.230. The number of hydrogen-bond donors (Lipinski definition) is 2. The number of fused-ring (bicyclic) bond motifs is 1. The fourth-order valence-corrected chi connectivity index (χ4v) is 3.14. The minimum Gasteiger partial charge on any atom is -0.487 e. The zero-order chi connectivity index (χ0) is 15.8. The Kier molecular flexibility index (Phi) is 3.67. The monoisotopic (exact) mass is 328 g/mol. The molecule has 0 radical (unpaired) electrons. The van der Waals surface area contributed by atoms with Crippen molar-refractivity contribution in [1.29, 1.82) is 0 Å². The Hall–Kier alpha value is -2.11. The van der Waals surface area contributed by atoms with Gasteiger partial charge in [0, 0.05) is 11.9 Å². The number of ether oxygens (including phenoxy) is 1. The van der Waals surface area contributed by atoms with Crippen LogP contribution in [0.3, 0.4) is 0 Å². The van der Waals surface area contributed by atoms with Gasteiger partial charge in [-0.05, 0) is 38.1 Å². The lowest BCUT2D eigenvalue weighted by molar-refractivity contribution is 0.220. The zero-order valence-corrected chi connectivity index (χ0v) is 13.5. The van der Waals surface area contributed by atoms with Gasteiger partial charge in [0.15, 0.2) is 0 Å². The Morgan fingerprint density at radius 2 is 2.17 bits per heavy atom. The Morgan fingerprint density at radius 3 is 2.96 bits per heavy atom. The molecule has 1 atom stereocenters. The third-order valence-corrected chi connectivity index (χ3v) is 4.44. The molecule has 1 unspecified atom stereocenters. The number of aromatic nitrogens is 3. The molecule has 1 fully saturated rings. The fourth-order valence-electron chi connectivity index (χ4n) is 2.92. The second-order valence-electron chi connectivity index (χ2n) is 5.75. The van der Waals surface area contributed by atoms with E-state index in [1.54, 1.807) is 0 Å². The van der Waals surface area contributed by atoms with Crippen LogP contribution in [0.2, 0.25) is 5.02 Å². The molecule has 1 saturated heterocycles. The largest absolute Gasteiger partial charge is 0.487 e. The number of benzene rings is 1. The lowest BCUT2D eigenvalue weighted by Gasteiger charge is -2.14. The predicted octanol–water partition coefficient (Wildman–Crippen LogP) is 3.33. The topological polar surface area (TPSA) is 62.8 Å². The van der Waals surface area contributed by atoms with Gasteiger partial charge in [-0.25, -0.2) is 4.98 Å². The highest BCUT2D eigenvalue weighted by Gasteiger charge is 2.18. The molecule has 1 aliphatic heterocycles. The van der Waals surface area contributed by atoms with Crippen molar-refractivity contribution in [2.45, 2.75) is 19.4 Å². The Balaban J connectivity index is 1.68. The summed E-state index contributed by atoms with van der Waals surface area (Å²) in [5.41, 5.74) is 3.35. The van der Waals surface area contributed by atoms with Crippen LogP contribution in [0.4, 0.5) is 0 Å². The van der Waals surface area contributed by atoms with Crippen molar-refractivity contribution < 1.29 is 4.74 Å². The molecule has 118 valence electrons. The summed E-state index contributed by atoms with van der Waals surface area (Å²) in [6, 6.07) is 9.68. The van der Waals surface area contributed by atoms with Crippen molar-refractivity contribution in [3.8, 4) is 17.1 Å². The summed E-state index contributed by atoms with van der Waals surface area (Å²) in [6.45, 7) is 3.87. The minimum atomic E-state index is 0.230. The van der Waals surface area contributed by atoms with Gasteiger partial charge in [-0.2, -0.15) is 5.10 Å². The average molecular weight is 329 g/mol. The average Bonchev–Trinajstić information content (AvgIpc) is 3.19. The highest BCUT2D eigenvalue weighted by molar-refractivity contribution is 6.35. The van der Waals surface area contributed by atoms with E-state index in [-0.39, 0.29) is 6.10 Å². The van der Waals surface area contributed by atoms with E-state index in [1.807, 2.05) is 37.3 Å². The Morgan fingerprint density at radius 1 is 1.26 bits per heavy atom. The van der Waals surface area contributed by atoms with Crippen LogP contribution in [-0.4, -0.2) is 34.4 Å². The van der Waals surface area contributed by atoms with Gasteiger partial charge in [0.05, 0.1) is 22.1 Å². The van der Waals surface area contributed by atoms with Crippen LogP contribution in [0.5, 0.6) is 5.75 Å². The molecule has 0 bridgehead atoms. The maximum absolute atomic E-state index is 6.18. The van der Waals surface area contributed by atoms with Crippen LogP contribution in [0.1, 0.15) is 12.1 Å². The molecule has 1 aromatic carbocycles. The van der Waals surface area contributed by atoms with E-state index in [9.17, 15) is 0 Å². The number of halogens is 1. The fraction of sp³-hybridized carbons (Fsp3) is 0.294. The highest BCUT2D eigenvalue weighted by atomic mass is 35.5. The third-order valence-electron chi connectivity index (χ3n) is 4.14. The molecular formula is C17H17ClN4O. The number of rotatable bonds is 3.